The molecule has 2 atom stereocenters. The zero-order valence-corrected chi connectivity index (χ0v) is 15.9. The van der Waals surface area contributed by atoms with Gasteiger partial charge in [0.25, 0.3) is 0 Å². The largest absolute Gasteiger partial charge is 0.385 e. The van der Waals surface area contributed by atoms with E-state index < -0.39 is 0 Å². The van der Waals surface area contributed by atoms with Crippen molar-refractivity contribution in [1.82, 2.24) is 10.6 Å². The van der Waals surface area contributed by atoms with Crippen LogP contribution in [0.1, 0.15) is 51.9 Å². The van der Waals surface area contributed by atoms with E-state index in [9.17, 15) is 0 Å². The topological polar surface area (TPSA) is 45.7 Å². The maximum absolute atomic E-state index is 5.06. The molecule has 2 saturated carbocycles. The molecule has 0 aromatic carbocycles. The van der Waals surface area contributed by atoms with Crippen molar-refractivity contribution in [3.05, 3.63) is 0 Å². The fourth-order valence-electron chi connectivity index (χ4n) is 3.36. The van der Waals surface area contributed by atoms with Crippen LogP contribution >= 0.6 is 24.0 Å². The molecule has 2 unspecified atom stereocenters. The first-order valence-corrected chi connectivity index (χ1v) is 8.39. The summed E-state index contributed by atoms with van der Waals surface area (Å²) < 4.78 is 5.06. The number of ether oxygens (including phenoxy) is 1. The molecule has 2 N–H and O–H groups in total. The Balaban J connectivity index is 0.00000220. The van der Waals surface area contributed by atoms with Gasteiger partial charge < -0.3 is 15.4 Å². The van der Waals surface area contributed by atoms with E-state index in [0.717, 1.165) is 43.9 Å². The van der Waals surface area contributed by atoms with E-state index in [1.54, 1.807) is 7.11 Å². The molecule has 5 heteroatoms. The predicted molar refractivity (Wildman–Crippen MR) is 99.5 cm³/mol. The first-order valence-electron chi connectivity index (χ1n) is 8.39. The van der Waals surface area contributed by atoms with E-state index in [0.29, 0.717) is 6.04 Å². The third kappa shape index (κ3) is 6.72. The first-order chi connectivity index (χ1) is 9.85. The Morgan fingerprint density at radius 1 is 1.24 bits per heavy atom. The van der Waals surface area contributed by atoms with E-state index in [1.807, 2.05) is 0 Å². The van der Waals surface area contributed by atoms with Crippen LogP contribution in [0, 0.1) is 11.8 Å². The molecular weight excluding hydrogens is 377 g/mol. The maximum Gasteiger partial charge on any atom is 0.191 e. The van der Waals surface area contributed by atoms with Crippen LogP contribution in [0.5, 0.6) is 0 Å². The quantitative estimate of drug-likeness (QED) is 0.294. The Morgan fingerprint density at radius 3 is 2.67 bits per heavy atom. The molecule has 0 amide bonds. The number of halogens is 1. The molecule has 2 aliphatic rings. The van der Waals surface area contributed by atoms with Crippen LogP contribution in [0.2, 0.25) is 0 Å². The number of methoxy groups -OCH3 is 1. The number of nitrogens with zero attached hydrogens (tertiary/aromatic N) is 1. The van der Waals surface area contributed by atoms with Crippen molar-refractivity contribution in [3.63, 3.8) is 0 Å². The molecule has 0 spiro atoms. The van der Waals surface area contributed by atoms with E-state index in [2.05, 4.69) is 22.5 Å². The summed E-state index contributed by atoms with van der Waals surface area (Å²) in [4.78, 5) is 4.63. The maximum atomic E-state index is 5.06. The molecule has 2 aliphatic carbocycles. The van der Waals surface area contributed by atoms with E-state index in [1.165, 1.54) is 38.5 Å². The van der Waals surface area contributed by atoms with E-state index in [4.69, 9.17) is 4.74 Å². The van der Waals surface area contributed by atoms with Gasteiger partial charge in [-0.15, -0.1) is 24.0 Å². The molecule has 0 radical (unpaired) electrons. The highest BCUT2D eigenvalue weighted by Gasteiger charge is 2.43. The standard InChI is InChI=1S/C16H31N3O.HI/c1-3-17-16(18-10-7-11-20-2)19-15-12-14(15)13-8-5-4-6-9-13;/h13-15H,3-12H2,1-2H3,(H2,17,18,19);1H. The minimum Gasteiger partial charge on any atom is -0.385 e. The van der Waals surface area contributed by atoms with Crippen LogP contribution in [-0.2, 0) is 4.74 Å². The lowest BCUT2D eigenvalue weighted by Gasteiger charge is -2.22. The van der Waals surface area contributed by atoms with Crippen molar-refractivity contribution in [3.8, 4) is 0 Å². The highest BCUT2D eigenvalue weighted by Crippen LogP contribution is 2.44. The normalized spacial score (nSPS) is 26.1. The zero-order chi connectivity index (χ0) is 14.2. The molecule has 0 aromatic rings. The SMILES string of the molecule is CCNC(=NCCCOC)NC1CC1C1CCCCC1.I. The van der Waals surface area contributed by atoms with Crippen LogP contribution in [-0.4, -0.2) is 38.8 Å². The van der Waals surface area contributed by atoms with Gasteiger partial charge in [0, 0.05) is 32.8 Å². The molecule has 0 bridgehead atoms. The third-order valence-corrected chi connectivity index (χ3v) is 4.54. The van der Waals surface area contributed by atoms with Crippen LogP contribution in [0.25, 0.3) is 0 Å². The summed E-state index contributed by atoms with van der Waals surface area (Å²) in [6, 6.07) is 0.665. The highest BCUT2D eigenvalue weighted by molar-refractivity contribution is 14.0. The molecule has 0 saturated heterocycles. The molecule has 4 nitrogen and oxygen atoms in total. The molecule has 124 valence electrons. The number of nitrogens with one attached hydrogen (secondary N) is 2. The summed E-state index contributed by atoms with van der Waals surface area (Å²) in [7, 11) is 1.74. The Hall–Kier alpha value is -0.0400. The average Bonchev–Trinajstić information content (AvgIpc) is 3.24. The van der Waals surface area contributed by atoms with Crippen LogP contribution in [0.3, 0.4) is 0 Å². The van der Waals surface area contributed by atoms with Crippen molar-refractivity contribution in [1.29, 1.82) is 0 Å². The molecule has 2 fully saturated rings. The Bertz CT molecular complexity index is 306. The average molecular weight is 409 g/mol. The number of rotatable bonds is 7. The molecular formula is C16H32IN3O. The van der Waals surface area contributed by atoms with Gasteiger partial charge in [0.2, 0.25) is 0 Å². The summed E-state index contributed by atoms with van der Waals surface area (Å²) in [5, 5.41) is 6.97. The van der Waals surface area contributed by atoms with Gasteiger partial charge in [-0.2, -0.15) is 0 Å². The van der Waals surface area contributed by atoms with Crippen molar-refractivity contribution < 1.29 is 4.74 Å². The number of hydrogen-bond acceptors (Lipinski definition) is 2. The van der Waals surface area contributed by atoms with E-state index >= 15 is 0 Å². The lowest BCUT2D eigenvalue weighted by atomic mass is 9.85. The predicted octanol–water partition coefficient (Wildman–Crippen LogP) is 3.16. The molecule has 2 rings (SSSR count). The lowest BCUT2D eigenvalue weighted by Crippen LogP contribution is -2.39. The van der Waals surface area contributed by atoms with Crippen LogP contribution < -0.4 is 10.6 Å². The number of aliphatic imine (C=N–C) groups is 1. The Kier molecular flexibility index (Phi) is 9.64. The van der Waals surface area contributed by atoms with Gasteiger partial charge in [0.05, 0.1) is 0 Å². The first kappa shape index (κ1) is 19.0. The summed E-state index contributed by atoms with van der Waals surface area (Å²) in [5.41, 5.74) is 0. The summed E-state index contributed by atoms with van der Waals surface area (Å²) in [5.74, 6) is 2.86. The minimum atomic E-state index is 0. The monoisotopic (exact) mass is 409 g/mol. The van der Waals surface area contributed by atoms with Gasteiger partial charge in [-0.1, -0.05) is 32.1 Å². The van der Waals surface area contributed by atoms with Crippen molar-refractivity contribution in [2.45, 2.75) is 57.9 Å². The second kappa shape index (κ2) is 10.6. The van der Waals surface area contributed by atoms with Crippen molar-refractivity contribution in [2.24, 2.45) is 16.8 Å². The molecule has 0 heterocycles. The fourth-order valence-corrected chi connectivity index (χ4v) is 3.36. The van der Waals surface area contributed by atoms with Gasteiger partial charge >= 0.3 is 0 Å². The number of guanidine groups is 1. The Morgan fingerprint density at radius 2 is 2.00 bits per heavy atom. The van der Waals surface area contributed by atoms with Gasteiger partial charge in [0.15, 0.2) is 5.96 Å². The van der Waals surface area contributed by atoms with Gasteiger partial charge in [-0.3, -0.25) is 4.99 Å². The lowest BCUT2D eigenvalue weighted by molar-refractivity contribution is 0.197. The smallest absolute Gasteiger partial charge is 0.191 e. The van der Waals surface area contributed by atoms with E-state index in [-0.39, 0.29) is 24.0 Å². The van der Waals surface area contributed by atoms with Crippen LogP contribution in [0.15, 0.2) is 4.99 Å². The van der Waals surface area contributed by atoms with Crippen molar-refractivity contribution >= 4 is 29.9 Å². The second-order valence-corrected chi connectivity index (χ2v) is 6.16. The van der Waals surface area contributed by atoms with Gasteiger partial charge in [-0.05, 0) is 31.6 Å². The number of hydrogen-bond donors (Lipinski definition) is 2. The van der Waals surface area contributed by atoms with Gasteiger partial charge in [0.1, 0.15) is 0 Å². The highest BCUT2D eigenvalue weighted by atomic mass is 127. The molecule has 0 aromatic heterocycles. The minimum absolute atomic E-state index is 0. The third-order valence-electron chi connectivity index (χ3n) is 4.54. The Labute approximate surface area is 146 Å². The molecule has 0 aliphatic heterocycles. The van der Waals surface area contributed by atoms with Crippen molar-refractivity contribution in [2.75, 3.05) is 26.8 Å². The van der Waals surface area contributed by atoms with Crippen LogP contribution in [0.4, 0.5) is 0 Å². The summed E-state index contributed by atoms with van der Waals surface area (Å²) in [6.45, 7) is 4.68. The zero-order valence-electron chi connectivity index (χ0n) is 13.6. The fraction of sp³-hybridized carbons (Fsp3) is 0.938. The summed E-state index contributed by atoms with van der Waals surface area (Å²) >= 11 is 0. The van der Waals surface area contributed by atoms with Gasteiger partial charge in [-0.25, -0.2) is 0 Å². The molecule has 21 heavy (non-hydrogen) atoms. The second-order valence-electron chi connectivity index (χ2n) is 6.16. The summed E-state index contributed by atoms with van der Waals surface area (Å²) in [6.07, 6.45) is 9.56.